The average Bonchev–Trinajstić information content (AvgIpc) is 2.79. The number of rotatable bonds is 4. The molecule has 1 aliphatic heterocycles. The summed E-state index contributed by atoms with van der Waals surface area (Å²) in [5, 5.41) is 1.02. The molecule has 0 spiro atoms. The molecule has 2 heterocycles. The first-order valence-electron chi connectivity index (χ1n) is 8.51. The number of benzene rings is 1. The number of carbonyl (C=O) groups excluding carboxylic acids is 1. The smallest absolute Gasteiger partial charge is 0.466 e. The zero-order chi connectivity index (χ0) is 18.2. The van der Waals surface area contributed by atoms with E-state index in [4.69, 9.17) is 14.0 Å². The third kappa shape index (κ3) is 3.41. The van der Waals surface area contributed by atoms with Gasteiger partial charge in [0.1, 0.15) is 0 Å². The van der Waals surface area contributed by atoms with Crippen molar-refractivity contribution in [3.05, 3.63) is 42.1 Å². The van der Waals surface area contributed by atoms with Crippen molar-refractivity contribution in [1.82, 2.24) is 4.98 Å². The lowest BCUT2D eigenvalue weighted by Crippen LogP contribution is -2.41. The molecule has 25 heavy (non-hydrogen) atoms. The summed E-state index contributed by atoms with van der Waals surface area (Å²) in [7, 11) is 0.856. The van der Waals surface area contributed by atoms with Gasteiger partial charge in [-0.3, -0.25) is 9.78 Å². The van der Waals surface area contributed by atoms with Gasteiger partial charge in [0.15, 0.2) is 0 Å². The zero-order valence-electron chi connectivity index (χ0n) is 15.4. The van der Waals surface area contributed by atoms with Gasteiger partial charge in [-0.2, -0.15) is 0 Å². The minimum Gasteiger partial charge on any atom is -0.469 e. The molecule has 1 atom stereocenters. The van der Waals surface area contributed by atoms with Crippen LogP contribution in [-0.4, -0.2) is 36.4 Å². The van der Waals surface area contributed by atoms with Crippen LogP contribution in [0.3, 0.4) is 0 Å². The summed E-state index contributed by atoms with van der Waals surface area (Å²) in [6.07, 6.45) is 1.97. The number of ether oxygens (including phenoxy) is 1. The number of esters is 1. The predicted molar refractivity (Wildman–Crippen MR) is 97.2 cm³/mol. The zero-order valence-corrected chi connectivity index (χ0v) is 15.4. The molecule has 5 nitrogen and oxygen atoms in total. The quantitative estimate of drug-likeness (QED) is 0.629. The summed E-state index contributed by atoms with van der Waals surface area (Å²) in [5.74, 6) is -0.585. The van der Waals surface area contributed by atoms with E-state index < -0.39 is 18.3 Å². The molecule has 1 aromatic heterocycles. The standard InChI is InChI=1S/C19H24BNO4/c1-18(2)19(3,4)25-20(24-18)15(11-17(22)23-5)14-10-13-8-6-7-9-16(13)21-12-14/h6-10,12,15H,11H2,1-5H3. The van der Waals surface area contributed by atoms with Crippen molar-refractivity contribution in [2.75, 3.05) is 7.11 Å². The normalized spacial score (nSPS) is 19.8. The number of aromatic nitrogens is 1. The first-order chi connectivity index (χ1) is 11.7. The summed E-state index contributed by atoms with van der Waals surface area (Å²) in [6.45, 7) is 8.00. The molecule has 0 N–H and O–H groups in total. The van der Waals surface area contributed by atoms with E-state index in [1.54, 1.807) is 6.20 Å². The van der Waals surface area contributed by atoms with E-state index in [-0.39, 0.29) is 18.2 Å². The Morgan fingerprint density at radius 3 is 2.48 bits per heavy atom. The summed E-state index contributed by atoms with van der Waals surface area (Å²) < 4.78 is 17.2. The van der Waals surface area contributed by atoms with Crippen LogP contribution in [0.4, 0.5) is 0 Å². The van der Waals surface area contributed by atoms with Crippen LogP contribution in [0.25, 0.3) is 10.9 Å². The van der Waals surface area contributed by atoms with Gasteiger partial charge in [0, 0.05) is 17.4 Å². The maximum absolute atomic E-state index is 12.0. The molecular formula is C19H24BNO4. The summed E-state index contributed by atoms with van der Waals surface area (Å²) >= 11 is 0. The summed E-state index contributed by atoms with van der Waals surface area (Å²) in [6, 6.07) is 9.93. The van der Waals surface area contributed by atoms with Crippen LogP contribution in [0.1, 0.15) is 45.5 Å². The SMILES string of the molecule is COC(=O)CC(B1OC(C)(C)C(C)(C)O1)c1cnc2ccccc2c1. The molecule has 1 fully saturated rings. The number of methoxy groups -OCH3 is 1. The lowest BCUT2D eigenvalue weighted by molar-refractivity contribution is -0.140. The van der Waals surface area contributed by atoms with E-state index in [0.717, 1.165) is 16.5 Å². The van der Waals surface area contributed by atoms with Crippen LogP contribution in [-0.2, 0) is 18.8 Å². The molecule has 0 amide bonds. The summed E-state index contributed by atoms with van der Waals surface area (Å²) in [5.41, 5.74) is 0.895. The van der Waals surface area contributed by atoms with Gasteiger partial charge in [-0.05, 0) is 45.4 Å². The molecule has 1 unspecified atom stereocenters. The number of pyridine rings is 1. The number of hydrogen-bond acceptors (Lipinski definition) is 5. The highest BCUT2D eigenvalue weighted by atomic mass is 16.7. The van der Waals surface area contributed by atoms with Crippen molar-refractivity contribution in [1.29, 1.82) is 0 Å². The monoisotopic (exact) mass is 341 g/mol. The van der Waals surface area contributed by atoms with Crippen molar-refractivity contribution in [3.63, 3.8) is 0 Å². The molecule has 1 saturated heterocycles. The van der Waals surface area contributed by atoms with Crippen LogP contribution in [0.2, 0.25) is 0 Å². The Morgan fingerprint density at radius 2 is 1.84 bits per heavy atom. The minimum absolute atomic E-state index is 0.174. The van der Waals surface area contributed by atoms with Crippen LogP contribution >= 0.6 is 0 Å². The molecule has 0 bridgehead atoms. The minimum atomic E-state index is -0.535. The fourth-order valence-corrected chi connectivity index (χ4v) is 2.98. The Hall–Kier alpha value is -1.92. The Kier molecular flexibility index (Phi) is 4.60. The van der Waals surface area contributed by atoms with Crippen molar-refractivity contribution < 1.29 is 18.8 Å². The predicted octanol–water partition coefficient (Wildman–Crippen LogP) is 3.51. The second-order valence-corrected chi connectivity index (χ2v) is 7.47. The molecule has 0 radical (unpaired) electrons. The molecular weight excluding hydrogens is 317 g/mol. The van der Waals surface area contributed by atoms with Gasteiger partial charge in [-0.1, -0.05) is 18.2 Å². The topological polar surface area (TPSA) is 57.7 Å². The van der Waals surface area contributed by atoms with E-state index in [1.165, 1.54) is 7.11 Å². The Balaban J connectivity index is 1.98. The van der Waals surface area contributed by atoms with Gasteiger partial charge in [0.2, 0.25) is 0 Å². The fraction of sp³-hybridized carbons (Fsp3) is 0.474. The van der Waals surface area contributed by atoms with Crippen LogP contribution in [0, 0.1) is 0 Å². The number of para-hydroxylation sites is 1. The number of nitrogens with zero attached hydrogens (tertiary/aromatic N) is 1. The number of carbonyl (C=O) groups is 1. The second-order valence-electron chi connectivity index (χ2n) is 7.47. The van der Waals surface area contributed by atoms with Crippen LogP contribution in [0.15, 0.2) is 36.5 Å². The number of fused-ring (bicyclic) bond motifs is 1. The van der Waals surface area contributed by atoms with Gasteiger partial charge in [0.05, 0.1) is 30.2 Å². The first-order valence-corrected chi connectivity index (χ1v) is 8.51. The van der Waals surface area contributed by atoms with Gasteiger partial charge in [-0.25, -0.2) is 0 Å². The molecule has 0 aliphatic carbocycles. The van der Waals surface area contributed by atoms with Crippen molar-refractivity contribution in [2.45, 2.75) is 51.1 Å². The largest absolute Gasteiger partial charge is 0.469 e. The van der Waals surface area contributed by atoms with E-state index in [1.807, 2.05) is 58.0 Å². The van der Waals surface area contributed by atoms with Gasteiger partial charge < -0.3 is 14.0 Å². The first kappa shape index (κ1) is 17.9. The van der Waals surface area contributed by atoms with Gasteiger partial charge >= 0.3 is 13.1 Å². The summed E-state index contributed by atoms with van der Waals surface area (Å²) in [4.78, 5) is 16.5. The third-order valence-corrected chi connectivity index (χ3v) is 5.25. The molecule has 2 aromatic rings. The fourth-order valence-electron chi connectivity index (χ4n) is 2.98. The van der Waals surface area contributed by atoms with Gasteiger partial charge in [-0.15, -0.1) is 0 Å². The lowest BCUT2D eigenvalue weighted by Gasteiger charge is -2.32. The Morgan fingerprint density at radius 1 is 1.20 bits per heavy atom. The van der Waals surface area contributed by atoms with E-state index in [2.05, 4.69) is 4.98 Å². The molecule has 6 heteroatoms. The Labute approximate surface area is 148 Å². The average molecular weight is 341 g/mol. The second kappa shape index (κ2) is 6.43. The van der Waals surface area contributed by atoms with E-state index >= 15 is 0 Å². The Bertz CT molecular complexity index is 774. The van der Waals surface area contributed by atoms with Crippen LogP contribution in [0.5, 0.6) is 0 Å². The molecule has 1 aromatic carbocycles. The maximum Gasteiger partial charge on any atom is 0.466 e. The lowest BCUT2D eigenvalue weighted by atomic mass is 9.66. The van der Waals surface area contributed by atoms with E-state index in [0.29, 0.717) is 0 Å². The van der Waals surface area contributed by atoms with E-state index in [9.17, 15) is 4.79 Å². The molecule has 1 aliphatic rings. The van der Waals surface area contributed by atoms with Crippen molar-refractivity contribution >= 4 is 24.0 Å². The van der Waals surface area contributed by atoms with Crippen molar-refractivity contribution in [3.8, 4) is 0 Å². The molecule has 132 valence electrons. The molecule has 3 rings (SSSR count). The van der Waals surface area contributed by atoms with Crippen LogP contribution < -0.4 is 0 Å². The highest BCUT2D eigenvalue weighted by Crippen LogP contribution is 2.42. The third-order valence-electron chi connectivity index (χ3n) is 5.25. The maximum atomic E-state index is 12.0. The molecule has 0 saturated carbocycles. The van der Waals surface area contributed by atoms with Crippen molar-refractivity contribution in [2.24, 2.45) is 0 Å². The number of hydrogen-bond donors (Lipinski definition) is 0. The highest BCUT2D eigenvalue weighted by molar-refractivity contribution is 6.48. The van der Waals surface area contributed by atoms with Gasteiger partial charge in [0.25, 0.3) is 0 Å². The highest BCUT2D eigenvalue weighted by Gasteiger charge is 2.54.